The lowest BCUT2D eigenvalue weighted by Crippen LogP contribution is -2.51. The van der Waals surface area contributed by atoms with Crippen molar-refractivity contribution in [3.63, 3.8) is 0 Å². The molecule has 2 atom stereocenters. The highest BCUT2D eigenvalue weighted by Gasteiger charge is 2.38. The monoisotopic (exact) mass is 296 g/mol. The molecular formula is C17H32N2O2. The Morgan fingerprint density at radius 2 is 1.76 bits per heavy atom. The summed E-state index contributed by atoms with van der Waals surface area (Å²) in [5, 5.41) is 0. The molecule has 1 amide bonds. The third kappa shape index (κ3) is 4.53. The molecule has 0 aromatic heterocycles. The first-order valence-corrected chi connectivity index (χ1v) is 8.53. The Balaban J connectivity index is 2.77. The molecule has 4 nitrogen and oxygen atoms in total. The fourth-order valence-corrected chi connectivity index (χ4v) is 3.35. The first-order valence-electron chi connectivity index (χ1n) is 8.53. The van der Waals surface area contributed by atoms with Crippen molar-refractivity contribution >= 4 is 11.7 Å². The normalized spacial score (nSPS) is 20.3. The van der Waals surface area contributed by atoms with Gasteiger partial charge in [-0.1, -0.05) is 40.5 Å². The summed E-state index contributed by atoms with van der Waals surface area (Å²) in [5.41, 5.74) is 6.25. The Morgan fingerprint density at radius 1 is 1.19 bits per heavy atom. The molecule has 21 heavy (non-hydrogen) atoms. The topological polar surface area (TPSA) is 63.4 Å². The summed E-state index contributed by atoms with van der Waals surface area (Å²) in [6.07, 6.45) is 5.75. The van der Waals surface area contributed by atoms with E-state index in [-0.39, 0.29) is 29.6 Å². The maximum Gasteiger partial charge on any atom is 0.240 e. The van der Waals surface area contributed by atoms with Crippen molar-refractivity contribution in [3.8, 4) is 0 Å². The van der Waals surface area contributed by atoms with E-state index in [1.54, 1.807) is 4.90 Å². The molecule has 0 aliphatic carbocycles. The van der Waals surface area contributed by atoms with E-state index in [1.807, 2.05) is 13.8 Å². The van der Waals surface area contributed by atoms with Crippen molar-refractivity contribution in [1.29, 1.82) is 0 Å². The third-order valence-corrected chi connectivity index (χ3v) is 4.55. The number of Topliss-reactive ketones (excluding diaryl/α,β-unsaturated/α-hetero) is 1. The molecular weight excluding hydrogens is 264 g/mol. The molecule has 0 saturated carbocycles. The van der Waals surface area contributed by atoms with Gasteiger partial charge < -0.3 is 10.6 Å². The number of ketones is 1. The van der Waals surface area contributed by atoms with Gasteiger partial charge in [-0.3, -0.25) is 9.59 Å². The minimum atomic E-state index is -0.453. The lowest BCUT2D eigenvalue weighted by atomic mass is 9.89. The molecule has 1 fully saturated rings. The van der Waals surface area contributed by atoms with Crippen molar-refractivity contribution in [3.05, 3.63) is 0 Å². The van der Waals surface area contributed by atoms with Crippen LogP contribution in [0.25, 0.3) is 0 Å². The van der Waals surface area contributed by atoms with Crippen LogP contribution in [0.4, 0.5) is 0 Å². The molecule has 1 rings (SSSR count). The van der Waals surface area contributed by atoms with E-state index < -0.39 is 6.04 Å². The average molecular weight is 296 g/mol. The highest BCUT2D eigenvalue weighted by molar-refractivity contribution is 5.92. The Kier molecular flexibility index (Phi) is 7.36. The molecule has 0 radical (unpaired) electrons. The SMILES string of the molecule is CCCC(CCC)[C@H](N)C(=O)N1CCC[C@H]1C(=O)C(C)C. The van der Waals surface area contributed by atoms with Gasteiger partial charge in [-0.25, -0.2) is 0 Å². The van der Waals surface area contributed by atoms with Gasteiger partial charge in [-0.15, -0.1) is 0 Å². The van der Waals surface area contributed by atoms with Crippen LogP contribution in [0.15, 0.2) is 0 Å². The van der Waals surface area contributed by atoms with Crippen LogP contribution in [0.3, 0.4) is 0 Å². The quantitative estimate of drug-likeness (QED) is 0.749. The zero-order valence-corrected chi connectivity index (χ0v) is 14.1. The summed E-state index contributed by atoms with van der Waals surface area (Å²) < 4.78 is 0. The number of hydrogen-bond donors (Lipinski definition) is 1. The van der Waals surface area contributed by atoms with E-state index in [4.69, 9.17) is 5.73 Å². The van der Waals surface area contributed by atoms with Gasteiger partial charge in [0.2, 0.25) is 5.91 Å². The average Bonchev–Trinajstić information content (AvgIpc) is 2.93. The number of hydrogen-bond acceptors (Lipinski definition) is 3. The second kappa shape index (κ2) is 8.52. The molecule has 1 saturated heterocycles. The number of carbonyl (C=O) groups is 2. The number of nitrogens with zero attached hydrogens (tertiary/aromatic N) is 1. The fourth-order valence-electron chi connectivity index (χ4n) is 3.35. The van der Waals surface area contributed by atoms with Crippen LogP contribution in [-0.4, -0.2) is 35.2 Å². The molecule has 0 unspecified atom stereocenters. The Labute approximate surface area is 129 Å². The second-order valence-corrected chi connectivity index (χ2v) is 6.61. The van der Waals surface area contributed by atoms with Gasteiger partial charge in [-0.05, 0) is 31.6 Å². The van der Waals surface area contributed by atoms with Gasteiger partial charge in [0, 0.05) is 12.5 Å². The maximum absolute atomic E-state index is 12.7. The largest absolute Gasteiger partial charge is 0.331 e. The Bertz CT molecular complexity index is 349. The van der Waals surface area contributed by atoms with Crippen LogP contribution < -0.4 is 5.73 Å². The summed E-state index contributed by atoms with van der Waals surface area (Å²) in [7, 11) is 0. The summed E-state index contributed by atoms with van der Waals surface area (Å²) in [4.78, 5) is 26.7. The third-order valence-electron chi connectivity index (χ3n) is 4.55. The number of likely N-dealkylation sites (tertiary alicyclic amines) is 1. The molecule has 0 aromatic rings. The van der Waals surface area contributed by atoms with Gasteiger partial charge in [0.1, 0.15) is 0 Å². The van der Waals surface area contributed by atoms with Gasteiger partial charge in [0.05, 0.1) is 12.1 Å². The molecule has 122 valence electrons. The van der Waals surface area contributed by atoms with Crippen molar-refractivity contribution in [2.75, 3.05) is 6.54 Å². The molecule has 4 heteroatoms. The van der Waals surface area contributed by atoms with Gasteiger partial charge in [0.25, 0.3) is 0 Å². The van der Waals surface area contributed by atoms with E-state index in [0.29, 0.717) is 6.54 Å². The molecule has 1 heterocycles. The second-order valence-electron chi connectivity index (χ2n) is 6.61. The lowest BCUT2D eigenvalue weighted by molar-refractivity contribution is -0.140. The smallest absolute Gasteiger partial charge is 0.240 e. The van der Waals surface area contributed by atoms with E-state index in [9.17, 15) is 9.59 Å². The standard InChI is InChI=1S/C17H32N2O2/c1-5-8-13(9-6-2)15(18)17(21)19-11-7-10-14(19)16(20)12(3)4/h12-15H,5-11,18H2,1-4H3/t14-,15-/m0/s1. The first-order chi connectivity index (χ1) is 9.93. The minimum absolute atomic E-state index is 0.0154. The van der Waals surface area contributed by atoms with Crippen LogP contribution in [0.1, 0.15) is 66.2 Å². The van der Waals surface area contributed by atoms with Gasteiger partial charge >= 0.3 is 0 Å². The molecule has 2 N–H and O–H groups in total. The number of rotatable bonds is 8. The van der Waals surface area contributed by atoms with Crippen LogP contribution in [0.2, 0.25) is 0 Å². The van der Waals surface area contributed by atoms with Crippen molar-refractivity contribution in [2.45, 2.75) is 78.3 Å². The van der Waals surface area contributed by atoms with Crippen molar-refractivity contribution in [2.24, 2.45) is 17.6 Å². The predicted molar refractivity (Wildman–Crippen MR) is 85.9 cm³/mol. The van der Waals surface area contributed by atoms with Crippen LogP contribution >= 0.6 is 0 Å². The molecule has 0 aromatic carbocycles. The zero-order valence-electron chi connectivity index (χ0n) is 14.1. The molecule has 0 bridgehead atoms. The van der Waals surface area contributed by atoms with E-state index in [0.717, 1.165) is 38.5 Å². The molecule has 1 aliphatic heterocycles. The Morgan fingerprint density at radius 3 is 2.24 bits per heavy atom. The number of nitrogens with two attached hydrogens (primary N) is 1. The summed E-state index contributed by atoms with van der Waals surface area (Å²) in [6, 6.07) is -0.696. The minimum Gasteiger partial charge on any atom is -0.331 e. The Hall–Kier alpha value is -0.900. The van der Waals surface area contributed by atoms with Crippen molar-refractivity contribution < 1.29 is 9.59 Å². The zero-order chi connectivity index (χ0) is 16.0. The fraction of sp³-hybridized carbons (Fsp3) is 0.882. The summed E-state index contributed by atoms with van der Waals surface area (Å²) >= 11 is 0. The maximum atomic E-state index is 12.7. The highest BCUT2D eigenvalue weighted by atomic mass is 16.2. The number of amides is 1. The van der Waals surface area contributed by atoms with Crippen LogP contribution in [0, 0.1) is 11.8 Å². The van der Waals surface area contributed by atoms with Crippen molar-refractivity contribution in [1.82, 2.24) is 4.90 Å². The van der Waals surface area contributed by atoms with E-state index in [1.165, 1.54) is 0 Å². The number of carbonyl (C=O) groups excluding carboxylic acids is 2. The first kappa shape index (κ1) is 18.1. The summed E-state index contributed by atoms with van der Waals surface area (Å²) in [5.74, 6) is 0.374. The molecule has 1 aliphatic rings. The van der Waals surface area contributed by atoms with Gasteiger partial charge in [0.15, 0.2) is 5.78 Å². The lowest BCUT2D eigenvalue weighted by Gasteiger charge is -2.31. The summed E-state index contributed by atoms with van der Waals surface area (Å²) in [6.45, 7) is 8.74. The van der Waals surface area contributed by atoms with Crippen LogP contribution in [0.5, 0.6) is 0 Å². The van der Waals surface area contributed by atoms with Gasteiger partial charge in [-0.2, -0.15) is 0 Å². The van der Waals surface area contributed by atoms with E-state index in [2.05, 4.69) is 13.8 Å². The predicted octanol–water partition coefficient (Wildman–Crippen LogP) is 2.75. The van der Waals surface area contributed by atoms with E-state index >= 15 is 0 Å². The van der Waals surface area contributed by atoms with Crippen LogP contribution in [-0.2, 0) is 9.59 Å². The molecule has 0 spiro atoms. The highest BCUT2D eigenvalue weighted by Crippen LogP contribution is 2.25.